The number of nitrogens with one attached hydrogen (secondary N) is 1. The SMILES string of the molecule is CCCCNC(=O)[C@@H](CC)N(CCc1ccccc1)C(=O)CCCN(c1cc(C)cc(C)c1)S(C)(=O)=O. The zero-order chi connectivity index (χ0) is 27.4. The number of nitrogens with zero attached hydrogens (tertiary/aromatic N) is 2. The monoisotopic (exact) mass is 529 g/mol. The molecular weight excluding hydrogens is 486 g/mol. The van der Waals surface area contributed by atoms with E-state index in [1.165, 1.54) is 10.6 Å². The van der Waals surface area contributed by atoms with Crippen molar-refractivity contribution in [1.82, 2.24) is 10.2 Å². The van der Waals surface area contributed by atoms with E-state index in [0.29, 0.717) is 38.0 Å². The van der Waals surface area contributed by atoms with Crippen LogP contribution in [0.1, 0.15) is 62.6 Å². The molecule has 0 unspecified atom stereocenters. The first-order valence-electron chi connectivity index (χ1n) is 13.2. The number of rotatable bonds is 15. The van der Waals surface area contributed by atoms with Gasteiger partial charge in [0.2, 0.25) is 21.8 Å². The van der Waals surface area contributed by atoms with E-state index in [-0.39, 0.29) is 24.8 Å². The molecule has 2 aromatic rings. The van der Waals surface area contributed by atoms with Gasteiger partial charge in [-0.2, -0.15) is 0 Å². The van der Waals surface area contributed by atoms with Crippen LogP contribution in [0.3, 0.4) is 0 Å². The molecule has 0 aromatic heterocycles. The largest absolute Gasteiger partial charge is 0.354 e. The van der Waals surface area contributed by atoms with Crippen molar-refractivity contribution < 1.29 is 18.0 Å². The maximum atomic E-state index is 13.5. The molecule has 0 bridgehead atoms. The van der Waals surface area contributed by atoms with Gasteiger partial charge >= 0.3 is 0 Å². The summed E-state index contributed by atoms with van der Waals surface area (Å²) in [4.78, 5) is 28.1. The lowest BCUT2D eigenvalue weighted by Crippen LogP contribution is -2.50. The lowest BCUT2D eigenvalue weighted by molar-refractivity contribution is -0.140. The van der Waals surface area contributed by atoms with E-state index in [0.717, 1.165) is 29.5 Å². The molecule has 2 aromatic carbocycles. The molecule has 1 atom stereocenters. The molecule has 8 heteroatoms. The molecule has 204 valence electrons. The quantitative estimate of drug-likeness (QED) is 0.341. The Morgan fingerprint density at radius 2 is 1.59 bits per heavy atom. The Kier molecular flexibility index (Phi) is 12.1. The minimum atomic E-state index is -3.52. The van der Waals surface area contributed by atoms with Gasteiger partial charge < -0.3 is 10.2 Å². The van der Waals surface area contributed by atoms with Gasteiger partial charge in [0, 0.05) is 26.1 Å². The molecule has 0 fully saturated rings. The van der Waals surface area contributed by atoms with Crippen LogP contribution in [-0.4, -0.2) is 57.1 Å². The Bertz CT molecular complexity index is 1100. The van der Waals surface area contributed by atoms with Gasteiger partial charge in [-0.1, -0.05) is 56.7 Å². The number of amides is 2. The first-order valence-corrected chi connectivity index (χ1v) is 15.1. The molecule has 0 spiro atoms. The van der Waals surface area contributed by atoms with Gasteiger partial charge in [0.15, 0.2) is 0 Å². The average molecular weight is 530 g/mol. The third kappa shape index (κ3) is 9.84. The summed E-state index contributed by atoms with van der Waals surface area (Å²) in [5.74, 6) is -0.271. The highest BCUT2D eigenvalue weighted by molar-refractivity contribution is 7.92. The van der Waals surface area contributed by atoms with Crippen molar-refractivity contribution in [3.8, 4) is 0 Å². The molecule has 0 radical (unpaired) electrons. The number of aryl methyl sites for hydroxylation is 2. The Labute approximate surface area is 223 Å². The van der Waals surface area contributed by atoms with Gasteiger partial charge in [0.1, 0.15) is 6.04 Å². The van der Waals surface area contributed by atoms with Crippen molar-refractivity contribution in [3.05, 3.63) is 65.2 Å². The summed E-state index contributed by atoms with van der Waals surface area (Å²) in [5.41, 5.74) is 3.66. The Morgan fingerprint density at radius 1 is 0.946 bits per heavy atom. The molecule has 7 nitrogen and oxygen atoms in total. The van der Waals surface area contributed by atoms with E-state index in [2.05, 4.69) is 12.2 Å². The van der Waals surface area contributed by atoms with Crippen LogP contribution in [0, 0.1) is 13.8 Å². The maximum Gasteiger partial charge on any atom is 0.242 e. The number of anilines is 1. The van der Waals surface area contributed by atoms with Gasteiger partial charge in [-0.3, -0.25) is 13.9 Å². The van der Waals surface area contributed by atoms with Crippen molar-refractivity contribution in [2.24, 2.45) is 0 Å². The number of benzene rings is 2. The number of carbonyl (C=O) groups excluding carboxylic acids is 2. The van der Waals surface area contributed by atoms with Gasteiger partial charge in [0.25, 0.3) is 0 Å². The Hall–Kier alpha value is -2.87. The van der Waals surface area contributed by atoms with Crippen molar-refractivity contribution in [3.63, 3.8) is 0 Å². The van der Waals surface area contributed by atoms with Gasteiger partial charge in [-0.05, 0) is 68.4 Å². The molecule has 37 heavy (non-hydrogen) atoms. The standard InChI is InChI=1S/C29H43N3O4S/c1-6-8-17-30-29(34)27(7-2)31(19-16-25-13-10-9-11-14-25)28(33)15-12-18-32(37(5,35)36)26-21-23(3)20-24(4)22-26/h9-11,13-14,20-22,27H,6-8,12,15-19H2,1-5H3,(H,30,34)/t27-/m1/s1. The number of unbranched alkanes of at least 4 members (excludes halogenated alkanes) is 1. The van der Waals surface area contributed by atoms with Crippen LogP contribution in [0.2, 0.25) is 0 Å². The zero-order valence-electron chi connectivity index (χ0n) is 23.0. The second kappa shape index (κ2) is 14.8. The molecule has 0 aliphatic carbocycles. The Balaban J connectivity index is 2.16. The number of carbonyl (C=O) groups is 2. The molecule has 0 aliphatic heterocycles. The summed E-state index contributed by atoms with van der Waals surface area (Å²) in [5, 5.41) is 2.97. The summed E-state index contributed by atoms with van der Waals surface area (Å²) in [6, 6.07) is 15.0. The van der Waals surface area contributed by atoms with Crippen molar-refractivity contribution in [2.75, 3.05) is 30.2 Å². The van der Waals surface area contributed by atoms with Crippen LogP contribution >= 0.6 is 0 Å². The topological polar surface area (TPSA) is 86.8 Å². The third-order valence-electron chi connectivity index (χ3n) is 6.35. The Morgan fingerprint density at radius 3 is 2.16 bits per heavy atom. The summed E-state index contributed by atoms with van der Waals surface area (Å²) in [7, 11) is -3.52. The maximum absolute atomic E-state index is 13.5. The van der Waals surface area contributed by atoms with Crippen molar-refractivity contribution in [1.29, 1.82) is 0 Å². The molecule has 2 rings (SSSR count). The van der Waals surface area contributed by atoms with E-state index in [9.17, 15) is 18.0 Å². The average Bonchev–Trinajstić information content (AvgIpc) is 2.83. The second-order valence-corrected chi connectivity index (χ2v) is 11.6. The molecule has 0 saturated carbocycles. The van der Waals surface area contributed by atoms with Gasteiger partial charge in [0.05, 0.1) is 11.9 Å². The summed E-state index contributed by atoms with van der Waals surface area (Å²) < 4.78 is 26.5. The van der Waals surface area contributed by atoms with Gasteiger partial charge in [-0.15, -0.1) is 0 Å². The first kappa shape index (κ1) is 30.4. The van der Waals surface area contributed by atoms with Crippen molar-refractivity contribution >= 4 is 27.5 Å². The highest BCUT2D eigenvalue weighted by atomic mass is 32.2. The predicted octanol–water partition coefficient (Wildman–Crippen LogP) is 4.62. The lowest BCUT2D eigenvalue weighted by atomic mass is 10.1. The lowest BCUT2D eigenvalue weighted by Gasteiger charge is -2.31. The van der Waals surface area contributed by atoms with Crippen LogP contribution in [0.15, 0.2) is 48.5 Å². The number of hydrogen-bond donors (Lipinski definition) is 1. The summed E-state index contributed by atoms with van der Waals surface area (Å²) in [6.45, 7) is 9.05. The van der Waals surface area contributed by atoms with E-state index in [1.807, 2.05) is 69.3 Å². The minimum absolute atomic E-state index is 0.134. The fourth-order valence-corrected chi connectivity index (χ4v) is 5.45. The number of hydrogen-bond acceptors (Lipinski definition) is 4. The predicted molar refractivity (Wildman–Crippen MR) is 151 cm³/mol. The van der Waals surface area contributed by atoms with Crippen molar-refractivity contribution in [2.45, 2.75) is 72.3 Å². The van der Waals surface area contributed by atoms with Gasteiger partial charge in [-0.25, -0.2) is 8.42 Å². The van der Waals surface area contributed by atoms with Crippen LogP contribution in [0.5, 0.6) is 0 Å². The first-order chi connectivity index (χ1) is 17.6. The minimum Gasteiger partial charge on any atom is -0.354 e. The molecule has 0 saturated heterocycles. The molecule has 1 N–H and O–H groups in total. The summed E-state index contributed by atoms with van der Waals surface area (Å²) in [6.07, 6.45) is 4.72. The highest BCUT2D eigenvalue weighted by Crippen LogP contribution is 2.22. The number of sulfonamides is 1. The highest BCUT2D eigenvalue weighted by Gasteiger charge is 2.28. The van der Waals surface area contributed by atoms with Crippen LogP contribution in [0.25, 0.3) is 0 Å². The molecule has 0 heterocycles. The van der Waals surface area contributed by atoms with E-state index < -0.39 is 16.1 Å². The normalized spacial score (nSPS) is 12.1. The fourth-order valence-electron chi connectivity index (χ4n) is 4.50. The summed E-state index contributed by atoms with van der Waals surface area (Å²) >= 11 is 0. The van der Waals surface area contributed by atoms with E-state index in [4.69, 9.17) is 0 Å². The smallest absolute Gasteiger partial charge is 0.242 e. The second-order valence-electron chi connectivity index (χ2n) is 9.68. The van der Waals surface area contributed by atoms with E-state index in [1.54, 1.807) is 4.90 Å². The third-order valence-corrected chi connectivity index (χ3v) is 7.54. The van der Waals surface area contributed by atoms with Crippen LogP contribution < -0.4 is 9.62 Å². The molecular formula is C29H43N3O4S. The molecule has 0 aliphatic rings. The zero-order valence-corrected chi connectivity index (χ0v) is 23.8. The fraction of sp³-hybridized carbons (Fsp3) is 0.517. The van der Waals surface area contributed by atoms with Crippen LogP contribution in [0.4, 0.5) is 5.69 Å². The van der Waals surface area contributed by atoms with Crippen LogP contribution in [-0.2, 0) is 26.0 Å². The van der Waals surface area contributed by atoms with E-state index >= 15 is 0 Å². The molecule has 2 amide bonds.